The lowest BCUT2D eigenvalue weighted by molar-refractivity contribution is 0.185. The van der Waals surface area contributed by atoms with Gasteiger partial charge in [-0.15, -0.1) is 17.9 Å². The lowest BCUT2D eigenvalue weighted by Crippen LogP contribution is -2.36. The summed E-state index contributed by atoms with van der Waals surface area (Å²) >= 11 is 0. The topological polar surface area (TPSA) is 20.2 Å². The number of rotatable bonds is 2. The number of aliphatic hydroxyl groups excluding tert-OH is 1. The van der Waals surface area contributed by atoms with Gasteiger partial charge in [0.1, 0.15) is 14.2 Å². The summed E-state index contributed by atoms with van der Waals surface area (Å²) in [5, 5.41) is 9.75. The Morgan fingerprint density at radius 2 is 1.65 bits per heavy atom. The van der Waals surface area contributed by atoms with Gasteiger partial charge in [-0.3, -0.25) is 0 Å². The fourth-order valence-electron chi connectivity index (χ4n) is 1.11. The van der Waals surface area contributed by atoms with E-state index in [1.54, 1.807) is 0 Å². The molecule has 0 aliphatic rings. The van der Waals surface area contributed by atoms with Crippen molar-refractivity contribution >= 4 is 8.07 Å². The third-order valence-corrected chi connectivity index (χ3v) is 7.98. The van der Waals surface area contributed by atoms with Gasteiger partial charge < -0.3 is 5.11 Å². The maximum absolute atomic E-state index is 9.49. The van der Waals surface area contributed by atoms with E-state index in [0.29, 0.717) is 6.42 Å². The SMILES string of the molecule is C#CC(O)CC(C)(C)C#C[Si](C)(C)C(C)(C)C. The number of hydrogen-bond acceptors (Lipinski definition) is 1. The second-order valence-electron chi connectivity index (χ2n) is 6.90. The molecule has 0 bridgehead atoms. The predicted molar refractivity (Wildman–Crippen MR) is 78.2 cm³/mol. The van der Waals surface area contributed by atoms with Gasteiger partial charge in [0, 0.05) is 11.8 Å². The van der Waals surface area contributed by atoms with Crippen molar-refractivity contribution in [3.05, 3.63) is 0 Å². The van der Waals surface area contributed by atoms with E-state index in [1.165, 1.54) is 0 Å². The van der Waals surface area contributed by atoms with E-state index in [0.717, 1.165) is 0 Å². The van der Waals surface area contributed by atoms with Crippen LogP contribution in [0.25, 0.3) is 0 Å². The fraction of sp³-hybridized carbons (Fsp3) is 0.733. The van der Waals surface area contributed by atoms with Gasteiger partial charge in [0.25, 0.3) is 0 Å². The van der Waals surface area contributed by atoms with E-state index in [1.807, 2.05) is 13.8 Å². The smallest absolute Gasteiger partial charge is 0.137 e. The first-order chi connectivity index (χ1) is 7.41. The van der Waals surface area contributed by atoms with Gasteiger partial charge in [-0.2, -0.15) is 0 Å². The summed E-state index contributed by atoms with van der Waals surface area (Å²) in [6.45, 7) is 15.4. The standard InChI is InChI=1S/C15H26OSi/c1-9-13(16)12-15(5,6)10-11-17(7,8)14(2,3)4/h1,13,16H,12H2,2-8H3. The molecule has 0 fully saturated rings. The molecule has 0 aromatic heterocycles. The van der Waals surface area contributed by atoms with Crippen LogP contribution < -0.4 is 0 Å². The van der Waals surface area contributed by atoms with E-state index in [2.05, 4.69) is 51.2 Å². The molecule has 0 saturated heterocycles. The van der Waals surface area contributed by atoms with Crippen molar-refractivity contribution in [1.82, 2.24) is 0 Å². The first-order valence-electron chi connectivity index (χ1n) is 6.10. The van der Waals surface area contributed by atoms with Crippen LogP contribution in [0.2, 0.25) is 18.1 Å². The highest BCUT2D eigenvalue weighted by Crippen LogP contribution is 2.35. The van der Waals surface area contributed by atoms with Crippen LogP contribution >= 0.6 is 0 Å². The minimum atomic E-state index is -1.57. The molecule has 0 radical (unpaired) electrons. The molecule has 1 atom stereocenters. The van der Waals surface area contributed by atoms with Crippen LogP contribution in [0.1, 0.15) is 41.0 Å². The zero-order valence-corrected chi connectivity index (χ0v) is 13.3. The van der Waals surface area contributed by atoms with E-state index >= 15 is 0 Å². The molecule has 0 rings (SSSR count). The van der Waals surface area contributed by atoms with Crippen molar-refractivity contribution < 1.29 is 5.11 Å². The summed E-state index contributed by atoms with van der Waals surface area (Å²) < 4.78 is 0. The molecule has 0 saturated carbocycles. The van der Waals surface area contributed by atoms with Gasteiger partial charge in [0.05, 0.1) is 0 Å². The van der Waals surface area contributed by atoms with Crippen molar-refractivity contribution in [3.63, 3.8) is 0 Å². The van der Waals surface area contributed by atoms with Crippen molar-refractivity contribution in [2.45, 2.75) is 65.3 Å². The molecule has 96 valence electrons. The molecule has 0 aliphatic carbocycles. The summed E-state index contributed by atoms with van der Waals surface area (Å²) in [5.41, 5.74) is 3.26. The summed E-state index contributed by atoms with van der Waals surface area (Å²) in [4.78, 5) is 0. The second-order valence-corrected chi connectivity index (χ2v) is 11.9. The van der Waals surface area contributed by atoms with Crippen molar-refractivity contribution in [2.75, 3.05) is 0 Å². The molecule has 0 heterocycles. The van der Waals surface area contributed by atoms with Crippen LogP contribution in [-0.2, 0) is 0 Å². The van der Waals surface area contributed by atoms with Gasteiger partial charge in [0.15, 0.2) is 0 Å². The molecule has 1 N–H and O–H groups in total. The van der Waals surface area contributed by atoms with E-state index in [9.17, 15) is 5.11 Å². The molecular weight excluding hydrogens is 224 g/mol. The van der Waals surface area contributed by atoms with Crippen molar-refractivity contribution in [2.24, 2.45) is 5.41 Å². The van der Waals surface area contributed by atoms with Crippen LogP contribution in [0.5, 0.6) is 0 Å². The third-order valence-electron chi connectivity index (χ3n) is 3.48. The largest absolute Gasteiger partial charge is 0.380 e. The Kier molecular flexibility index (Phi) is 5.08. The first-order valence-corrected chi connectivity index (χ1v) is 9.10. The van der Waals surface area contributed by atoms with Gasteiger partial charge >= 0.3 is 0 Å². The highest BCUT2D eigenvalue weighted by molar-refractivity contribution is 6.87. The highest BCUT2D eigenvalue weighted by Gasteiger charge is 2.34. The quantitative estimate of drug-likeness (QED) is 0.588. The summed E-state index contributed by atoms with van der Waals surface area (Å²) in [6, 6.07) is 0. The molecule has 0 aromatic rings. The number of hydrogen-bond donors (Lipinski definition) is 1. The Labute approximate surface area is 108 Å². The zero-order chi connectivity index (χ0) is 13.9. The zero-order valence-electron chi connectivity index (χ0n) is 12.3. The van der Waals surface area contributed by atoms with Crippen LogP contribution in [0.15, 0.2) is 0 Å². The van der Waals surface area contributed by atoms with Gasteiger partial charge in [0.2, 0.25) is 0 Å². The lowest BCUT2D eigenvalue weighted by atomic mass is 9.88. The van der Waals surface area contributed by atoms with Crippen molar-refractivity contribution in [3.8, 4) is 23.8 Å². The number of aliphatic hydroxyl groups is 1. The molecule has 17 heavy (non-hydrogen) atoms. The molecule has 0 aromatic carbocycles. The molecule has 2 heteroatoms. The average molecular weight is 250 g/mol. The van der Waals surface area contributed by atoms with E-state index in [-0.39, 0.29) is 10.5 Å². The van der Waals surface area contributed by atoms with Crippen LogP contribution in [0, 0.1) is 29.2 Å². The monoisotopic (exact) mass is 250 g/mol. The van der Waals surface area contributed by atoms with Crippen LogP contribution in [0.4, 0.5) is 0 Å². The first kappa shape index (κ1) is 16.3. The van der Waals surface area contributed by atoms with Gasteiger partial charge in [-0.1, -0.05) is 39.8 Å². The average Bonchev–Trinajstić information content (AvgIpc) is 2.12. The molecular formula is C15H26OSi. The maximum Gasteiger partial charge on any atom is 0.137 e. The second kappa shape index (κ2) is 5.30. The Morgan fingerprint density at radius 3 is 2.00 bits per heavy atom. The fourth-order valence-corrected chi connectivity index (χ4v) is 2.13. The van der Waals surface area contributed by atoms with Crippen molar-refractivity contribution in [1.29, 1.82) is 0 Å². The minimum absolute atomic E-state index is 0.221. The molecule has 0 amide bonds. The summed E-state index contributed by atoms with van der Waals surface area (Å²) in [6.07, 6.45) is 5.03. The van der Waals surface area contributed by atoms with E-state index in [4.69, 9.17) is 6.42 Å². The molecule has 0 spiro atoms. The Morgan fingerprint density at radius 1 is 1.18 bits per heavy atom. The normalized spacial score (nSPS) is 14.5. The Balaban J connectivity index is 4.92. The van der Waals surface area contributed by atoms with E-state index < -0.39 is 14.2 Å². The highest BCUT2D eigenvalue weighted by atomic mass is 28.3. The van der Waals surface area contributed by atoms with Crippen LogP contribution in [0.3, 0.4) is 0 Å². The number of terminal acetylenes is 1. The molecule has 0 aliphatic heterocycles. The van der Waals surface area contributed by atoms with Crippen LogP contribution in [-0.4, -0.2) is 19.3 Å². The summed E-state index contributed by atoms with van der Waals surface area (Å²) in [5.74, 6) is 5.67. The van der Waals surface area contributed by atoms with Gasteiger partial charge in [-0.25, -0.2) is 0 Å². The Hall–Kier alpha value is -0.703. The van der Waals surface area contributed by atoms with Gasteiger partial charge in [-0.05, 0) is 18.9 Å². The summed E-state index contributed by atoms with van der Waals surface area (Å²) in [7, 11) is -1.57. The molecule has 1 nitrogen and oxygen atoms in total. The molecule has 1 unspecified atom stereocenters. The Bertz CT molecular complexity index is 355. The predicted octanol–water partition coefficient (Wildman–Crippen LogP) is 3.45. The third kappa shape index (κ3) is 5.44. The maximum atomic E-state index is 9.49. The minimum Gasteiger partial charge on any atom is -0.380 e. The lowest BCUT2D eigenvalue weighted by Gasteiger charge is -2.32.